The van der Waals surface area contributed by atoms with E-state index >= 15 is 0 Å². The summed E-state index contributed by atoms with van der Waals surface area (Å²) < 4.78 is 0. The van der Waals surface area contributed by atoms with Gasteiger partial charge in [0.2, 0.25) is 0 Å². The first kappa shape index (κ1) is 10.8. The van der Waals surface area contributed by atoms with Crippen LogP contribution < -0.4 is 5.32 Å². The van der Waals surface area contributed by atoms with Crippen molar-refractivity contribution in [3.63, 3.8) is 0 Å². The van der Waals surface area contributed by atoms with Crippen molar-refractivity contribution in [2.24, 2.45) is 0 Å². The summed E-state index contributed by atoms with van der Waals surface area (Å²) in [5.74, 6) is 2.55. The summed E-state index contributed by atoms with van der Waals surface area (Å²) in [5.41, 5.74) is 0. The maximum Gasteiger partial charge on any atom is 0.0635 e. The molecule has 13 heavy (non-hydrogen) atoms. The van der Waals surface area contributed by atoms with E-state index in [4.69, 9.17) is 5.26 Å². The molecule has 0 spiro atoms. The number of rotatable bonds is 5. The normalized spacial score (nSPS) is 18.4. The molecule has 1 aliphatic rings. The van der Waals surface area contributed by atoms with Gasteiger partial charge in [-0.25, -0.2) is 0 Å². The lowest BCUT2D eigenvalue weighted by molar-refractivity contribution is 0.302. The number of hydrogen-bond acceptors (Lipinski definition) is 4. The molecule has 1 rings (SSSR count). The predicted octanol–water partition coefficient (Wildman–Crippen LogP) is 0.538. The van der Waals surface area contributed by atoms with Gasteiger partial charge in [0, 0.05) is 50.7 Å². The van der Waals surface area contributed by atoms with Gasteiger partial charge >= 0.3 is 0 Å². The minimum Gasteiger partial charge on any atom is -0.314 e. The Morgan fingerprint density at radius 3 is 2.77 bits per heavy atom. The molecule has 0 saturated carbocycles. The quantitative estimate of drug-likeness (QED) is 0.656. The van der Waals surface area contributed by atoms with Crippen molar-refractivity contribution in [3.8, 4) is 6.07 Å². The zero-order chi connectivity index (χ0) is 9.36. The smallest absolute Gasteiger partial charge is 0.0635 e. The third kappa shape index (κ3) is 5.14. The van der Waals surface area contributed by atoms with Crippen LogP contribution >= 0.6 is 11.8 Å². The summed E-state index contributed by atoms with van der Waals surface area (Å²) in [6, 6.07) is 2.13. The van der Waals surface area contributed by atoms with Gasteiger partial charge in [-0.2, -0.15) is 17.0 Å². The molecule has 1 fully saturated rings. The molecule has 1 aliphatic heterocycles. The lowest BCUT2D eigenvalue weighted by Crippen LogP contribution is -2.37. The van der Waals surface area contributed by atoms with Gasteiger partial charge in [-0.3, -0.25) is 0 Å². The molecule has 0 aliphatic carbocycles. The molecule has 1 N–H and O–H groups in total. The van der Waals surface area contributed by atoms with Gasteiger partial charge < -0.3 is 10.2 Å². The van der Waals surface area contributed by atoms with Gasteiger partial charge in [-0.05, 0) is 0 Å². The van der Waals surface area contributed by atoms with Crippen LogP contribution in [0.3, 0.4) is 0 Å². The SMILES string of the molecule is N#CCCNCCN1CCSCC1. The van der Waals surface area contributed by atoms with E-state index in [9.17, 15) is 0 Å². The molecule has 0 unspecified atom stereocenters. The van der Waals surface area contributed by atoms with Crippen molar-refractivity contribution in [3.05, 3.63) is 0 Å². The van der Waals surface area contributed by atoms with Gasteiger partial charge in [0.05, 0.1) is 6.07 Å². The zero-order valence-electron chi connectivity index (χ0n) is 7.96. The summed E-state index contributed by atoms with van der Waals surface area (Å²) in [5, 5.41) is 11.6. The molecule has 0 aromatic carbocycles. The summed E-state index contributed by atoms with van der Waals surface area (Å²) in [6.45, 7) is 5.44. The average Bonchev–Trinajstić information content (AvgIpc) is 2.19. The second-order valence-electron chi connectivity index (χ2n) is 3.11. The van der Waals surface area contributed by atoms with Gasteiger partial charge in [0.25, 0.3) is 0 Å². The highest BCUT2D eigenvalue weighted by molar-refractivity contribution is 7.99. The third-order valence-electron chi connectivity index (χ3n) is 2.12. The summed E-state index contributed by atoms with van der Waals surface area (Å²) in [7, 11) is 0. The van der Waals surface area contributed by atoms with Gasteiger partial charge in [0.1, 0.15) is 0 Å². The van der Waals surface area contributed by atoms with Crippen LogP contribution in [-0.4, -0.2) is 49.1 Å². The van der Waals surface area contributed by atoms with Crippen LogP contribution in [0.5, 0.6) is 0 Å². The standard InChI is InChI=1S/C9H17N3S/c10-2-1-3-11-4-5-12-6-8-13-9-7-12/h11H,1,3-9H2. The molecule has 0 atom stereocenters. The van der Waals surface area contributed by atoms with Crippen LogP contribution in [0.1, 0.15) is 6.42 Å². The Kier molecular flexibility index (Phi) is 6.00. The second-order valence-corrected chi connectivity index (χ2v) is 4.34. The Bertz CT molecular complexity index is 161. The van der Waals surface area contributed by atoms with Crippen molar-refractivity contribution in [2.75, 3.05) is 44.2 Å². The van der Waals surface area contributed by atoms with Crippen molar-refractivity contribution >= 4 is 11.8 Å². The van der Waals surface area contributed by atoms with Crippen LogP contribution in [0.25, 0.3) is 0 Å². The van der Waals surface area contributed by atoms with Crippen LogP contribution in [0, 0.1) is 11.3 Å². The summed E-state index contributed by atoms with van der Waals surface area (Å²) in [4.78, 5) is 2.48. The maximum atomic E-state index is 8.31. The highest BCUT2D eigenvalue weighted by Crippen LogP contribution is 2.07. The number of hydrogen-bond donors (Lipinski definition) is 1. The van der Waals surface area contributed by atoms with E-state index in [0.717, 1.165) is 19.6 Å². The van der Waals surface area contributed by atoms with E-state index in [-0.39, 0.29) is 0 Å². The molecule has 0 aromatic heterocycles. The Balaban J connectivity index is 1.90. The number of nitriles is 1. The fraction of sp³-hybridized carbons (Fsp3) is 0.889. The van der Waals surface area contributed by atoms with Crippen molar-refractivity contribution in [1.82, 2.24) is 10.2 Å². The molecule has 74 valence electrons. The average molecular weight is 199 g/mol. The molecular formula is C9H17N3S. The number of thioether (sulfide) groups is 1. The molecule has 0 radical (unpaired) electrons. The monoisotopic (exact) mass is 199 g/mol. The van der Waals surface area contributed by atoms with E-state index in [1.807, 2.05) is 11.8 Å². The van der Waals surface area contributed by atoms with Gasteiger partial charge in [0.15, 0.2) is 0 Å². The number of nitrogens with one attached hydrogen (secondary N) is 1. The number of nitrogens with zero attached hydrogens (tertiary/aromatic N) is 2. The van der Waals surface area contributed by atoms with Crippen LogP contribution in [0.4, 0.5) is 0 Å². The van der Waals surface area contributed by atoms with Crippen molar-refractivity contribution in [1.29, 1.82) is 5.26 Å². The van der Waals surface area contributed by atoms with E-state index < -0.39 is 0 Å². The molecular weight excluding hydrogens is 182 g/mol. The molecule has 1 saturated heterocycles. The summed E-state index contributed by atoms with van der Waals surface area (Å²) >= 11 is 2.04. The van der Waals surface area contributed by atoms with Crippen LogP contribution in [0.15, 0.2) is 0 Å². The highest BCUT2D eigenvalue weighted by Gasteiger charge is 2.08. The first-order valence-electron chi connectivity index (χ1n) is 4.81. The van der Waals surface area contributed by atoms with Crippen molar-refractivity contribution in [2.45, 2.75) is 6.42 Å². The molecule has 0 bridgehead atoms. The minimum absolute atomic E-state index is 0.621. The molecule has 1 heterocycles. The zero-order valence-corrected chi connectivity index (χ0v) is 8.78. The molecule has 0 aromatic rings. The second kappa shape index (κ2) is 7.19. The van der Waals surface area contributed by atoms with Crippen molar-refractivity contribution < 1.29 is 0 Å². The highest BCUT2D eigenvalue weighted by atomic mass is 32.2. The van der Waals surface area contributed by atoms with E-state index in [2.05, 4.69) is 16.3 Å². The lowest BCUT2D eigenvalue weighted by Gasteiger charge is -2.25. The minimum atomic E-state index is 0.621. The largest absolute Gasteiger partial charge is 0.314 e. The van der Waals surface area contributed by atoms with Gasteiger partial charge in [-0.15, -0.1) is 0 Å². The van der Waals surface area contributed by atoms with Crippen LogP contribution in [0.2, 0.25) is 0 Å². The van der Waals surface area contributed by atoms with E-state index in [0.29, 0.717) is 6.42 Å². The Hall–Kier alpha value is -0.240. The van der Waals surface area contributed by atoms with Gasteiger partial charge in [-0.1, -0.05) is 0 Å². The van der Waals surface area contributed by atoms with Crippen LogP contribution in [-0.2, 0) is 0 Å². The van der Waals surface area contributed by atoms with E-state index in [1.54, 1.807) is 0 Å². The first-order chi connectivity index (χ1) is 6.43. The van der Waals surface area contributed by atoms with E-state index in [1.165, 1.54) is 24.6 Å². The fourth-order valence-corrected chi connectivity index (χ4v) is 2.31. The summed E-state index contributed by atoms with van der Waals surface area (Å²) in [6.07, 6.45) is 0.621. The Morgan fingerprint density at radius 1 is 1.31 bits per heavy atom. The fourth-order valence-electron chi connectivity index (χ4n) is 1.33. The lowest BCUT2D eigenvalue weighted by atomic mass is 10.4. The topological polar surface area (TPSA) is 39.1 Å². The maximum absolute atomic E-state index is 8.31. The Labute approximate surface area is 84.5 Å². The molecule has 3 nitrogen and oxygen atoms in total. The molecule has 0 amide bonds. The molecule has 4 heteroatoms. The Morgan fingerprint density at radius 2 is 2.08 bits per heavy atom. The third-order valence-corrected chi connectivity index (χ3v) is 3.06. The predicted molar refractivity (Wildman–Crippen MR) is 56.9 cm³/mol. The first-order valence-corrected chi connectivity index (χ1v) is 5.97.